The molecule has 0 aliphatic carbocycles. The molecule has 0 spiro atoms. The number of nitrogens with zero attached hydrogens (tertiary/aromatic N) is 1. The summed E-state index contributed by atoms with van der Waals surface area (Å²) in [5.74, 6) is 0. The smallest absolute Gasteiger partial charge is 0.411 e. The Balaban J connectivity index is 1.42. The number of nitrogens with one attached hydrogen (secondary N) is 1. The van der Waals surface area contributed by atoms with Gasteiger partial charge in [0.15, 0.2) is 0 Å². The largest absolute Gasteiger partial charge is 0.444 e. The molecule has 5 nitrogen and oxygen atoms in total. The molecule has 0 saturated carbocycles. The van der Waals surface area contributed by atoms with E-state index < -0.39 is 0 Å². The number of likely N-dealkylation sites (tertiary alicyclic amines) is 1. The summed E-state index contributed by atoms with van der Waals surface area (Å²) in [4.78, 5) is 14.0. The van der Waals surface area contributed by atoms with E-state index >= 15 is 0 Å². The molecule has 2 heterocycles. The Bertz CT molecular complexity index is 918. The second-order valence-corrected chi connectivity index (χ2v) is 9.68. The van der Waals surface area contributed by atoms with Crippen molar-refractivity contribution in [3.8, 4) is 0 Å². The number of aryl methyl sites for hydroxylation is 1. The standard InChI is InChI=1S/C27H36N2O3/c1-4-32-26(2,3)27(13-12-21-8-6-5-7-9-21)14-16-29(17-15-27)19-22-10-11-24-23(18-22)20-31-25(30)28-24/h5-11,18H,4,12-17,19-20H2,1-3H3,(H,28,30). The molecule has 1 saturated heterocycles. The van der Waals surface area contributed by atoms with Gasteiger partial charge in [0, 0.05) is 24.1 Å². The highest BCUT2D eigenvalue weighted by atomic mass is 16.5. The van der Waals surface area contributed by atoms with E-state index in [9.17, 15) is 4.79 Å². The third kappa shape index (κ3) is 5.00. The van der Waals surface area contributed by atoms with E-state index in [1.165, 1.54) is 11.1 Å². The van der Waals surface area contributed by atoms with Crippen LogP contribution in [-0.4, -0.2) is 36.3 Å². The molecule has 4 rings (SSSR count). The van der Waals surface area contributed by atoms with Gasteiger partial charge in [-0.1, -0.05) is 36.4 Å². The van der Waals surface area contributed by atoms with Gasteiger partial charge in [0.25, 0.3) is 0 Å². The first-order valence-electron chi connectivity index (χ1n) is 11.9. The van der Waals surface area contributed by atoms with Crippen molar-refractivity contribution in [2.45, 2.75) is 65.2 Å². The van der Waals surface area contributed by atoms with Gasteiger partial charge >= 0.3 is 6.09 Å². The van der Waals surface area contributed by atoms with Crippen molar-refractivity contribution in [3.63, 3.8) is 0 Å². The molecule has 0 bridgehead atoms. The van der Waals surface area contributed by atoms with E-state index in [1.54, 1.807) is 0 Å². The summed E-state index contributed by atoms with van der Waals surface area (Å²) in [7, 11) is 0. The zero-order chi connectivity index (χ0) is 22.6. The Morgan fingerprint density at radius 1 is 1.09 bits per heavy atom. The third-order valence-corrected chi connectivity index (χ3v) is 7.50. The van der Waals surface area contributed by atoms with Gasteiger partial charge in [0.05, 0.1) is 11.3 Å². The Morgan fingerprint density at radius 3 is 2.56 bits per heavy atom. The van der Waals surface area contributed by atoms with Gasteiger partial charge in [-0.25, -0.2) is 4.79 Å². The maximum Gasteiger partial charge on any atom is 0.411 e. The summed E-state index contributed by atoms with van der Waals surface area (Å²) in [6.45, 7) is 10.8. The lowest BCUT2D eigenvalue weighted by Gasteiger charge is -2.51. The lowest BCUT2D eigenvalue weighted by molar-refractivity contribution is -0.134. The molecule has 32 heavy (non-hydrogen) atoms. The molecular weight excluding hydrogens is 400 g/mol. The van der Waals surface area contributed by atoms with Crippen LogP contribution in [0.2, 0.25) is 0 Å². The van der Waals surface area contributed by atoms with Crippen LogP contribution in [0.4, 0.5) is 10.5 Å². The summed E-state index contributed by atoms with van der Waals surface area (Å²) in [5.41, 5.74) is 4.61. The first-order valence-corrected chi connectivity index (χ1v) is 11.9. The molecule has 1 amide bonds. The minimum atomic E-state index is -0.370. The number of hydrogen-bond donors (Lipinski definition) is 1. The van der Waals surface area contributed by atoms with Crippen LogP contribution >= 0.6 is 0 Å². The molecule has 172 valence electrons. The monoisotopic (exact) mass is 436 g/mol. The molecule has 5 heteroatoms. The minimum absolute atomic E-state index is 0.149. The summed E-state index contributed by atoms with van der Waals surface area (Å²) in [5, 5.41) is 2.77. The fourth-order valence-corrected chi connectivity index (χ4v) is 5.37. The van der Waals surface area contributed by atoms with E-state index in [2.05, 4.69) is 73.5 Å². The molecule has 2 aromatic rings. The van der Waals surface area contributed by atoms with Gasteiger partial charge in [0.2, 0.25) is 0 Å². The number of benzene rings is 2. The maximum absolute atomic E-state index is 11.4. The summed E-state index contributed by atoms with van der Waals surface area (Å²) >= 11 is 0. The first-order chi connectivity index (χ1) is 15.4. The van der Waals surface area contributed by atoms with Gasteiger partial charge in [-0.3, -0.25) is 10.2 Å². The predicted molar refractivity (Wildman–Crippen MR) is 128 cm³/mol. The summed E-state index contributed by atoms with van der Waals surface area (Å²) in [6, 6.07) is 17.1. The Labute approximate surface area is 192 Å². The van der Waals surface area contributed by atoms with E-state index in [4.69, 9.17) is 9.47 Å². The number of anilines is 1. The van der Waals surface area contributed by atoms with Gasteiger partial charge < -0.3 is 9.47 Å². The second-order valence-electron chi connectivity index (χ2n) is 9.68. The topological polar surface area (TPSA) is 50.8 Å². The molecule has 0 radical (unpaired) electrons. The van der Waals surface area contributed by atoms with Crippen molar-refractivity contribution in [1.29, 1.82) is 0 Å². The van der Waals surface area contributed by atoms with Crippen molar-refractivity contribution in [1.82, 2.24) is 4.90 Å². The fourth-order valence-electron chi connectivity index (χ4n) is 5.37. The third-order valence-electron chi connectivity index (χ3n) is 7.50. The molecular formula is C27H36N2O3. The van der Waals surface area contributed by atoms with Gasteiger partial charge in [-0.2, -0.15) is 0 Å². The maximum atomic E-state index is 11.4. The van der Waals surface area contributed by atoms with Gasteiger partial charge in [-0.15, -0.1) is 0 Å². The number of ether oxygens (including phenoxy) is 2. The van der Waals surface area contributed by atoms with Gasteiger partial charge in [-0.05, 0) is 82.8 Å². The SMILES string of the molecule is CCOC(C)(C)C1(CCc2ccccc2)CCN(Cc2ccc3c(c2)COC(=O)N3)CC1. The average molecular weight is 437 g/mol. The molecule has 0 atom stereocenters. The van der Waals surface area contributed by atoms with E-state index in [0.29, 0.717) is 6.61 Å². The van der Waals surface area contributed by atoms with Crippen LogP contribution in [0, 0.1) is 5.41 Å². The first kappa shape index (κ1) is 22.8. The second kappa shape index (κ2) is 9.63. The van der Waals surface area contributed by atoms with Crippen molar-refractivity contribution in [2.24, 2.45) is 5.41 Å². The molecule has 0 unspecified atom stereocenters. The number of amides is 1. The molecule has 1 N–H and O–H groups in total. The zero-order valence-corrected chi connectivity index (χ0v) is 19.7. The normalized spacial score (nSPS) is 18.5. The molecule has 2 aliphatic heterocycles. The lowest BCUT2D eigenvalue weighted by atomic mass is 9.64. The van der Waals surface area contributed by atoms with Crippen molar-refractivity contribution < 1.29 is 14.3 Å². The Morgan fingerprint density at radius 2 is 1.84 bits per heavy atom. The number of cyclic esters (lactones) is 1. The highest BCUT2D eigenvalue weighted by Crippen LogP contribution is 2.47. The number of rotatable bonds is 8. The summed E-state index contributed by atoms with van der Waals surface area (Å²) < 4.78 is 11.4. The van der Waals surface area contributed by atoms with E-state index in [0.717, 1.165) is 63.2 Å². The number of carbonyl (C=O) groups excluding carboxylic acids is 1. The average Bonchev–Trinajstić information content (AvgIpc) is 2.79. The molecule has 2 aliphatic rings. The molecule has 1 fully saturated rings. The Kier molecular flexibility index (Phi) is 6.87. The van der Waals surface area contributed by atoms with Crippen LogP contribution in [0.3, 0.4) is 0 Å². The van der Waals surface area contributed by atoms with Crippen molar-refractivity contribution in [3.05, 3.63) is 65.2 Å². The number of carbonyl (C=O) groups is 1. The molecule has 2 aromatic carbocycles. The fraction of sp³-hybridized carbons (Fsp3) is 0.519. The predicted octanol–water partition coefficient (Wildman–Crippen LogP) is 5.78. The Hall–Kier alpha value is -2.37. The van der Waals surface area contributed by atoms with Gasteiger partial charge in [0.1, 0.15) is 6.61 Å². The van der Waals surface area contributed by atoms with Crippen molar-refractivity contribution >= 4 is 11.8 Å². The van der Waals surface area contributed by atoms with Crippen molar-refractivity contribution in [2.75, 3.05) is 25.0 Å². The van der Waals surface area contributed by atoms with E-state index in [1.807, 2.05) is 6.07 Å². The highest BCUT2D eigenvalue weighted by molar-refractivity contribution is 5.87. The molecule has 0 aromatic heterocycles. The lowest BCUT2D eigenvalue weighted by Crippen LogP contribution is -2.52. The minimum Gasteiger partial charge on any atom is -0.444 e. The van der Waals surface area contributed by atoms with Crippen LogP contribution in [0.1, 0.15) is 56.7 Å². The number of hydrogen-bond acceptors (Lipinski definition) is 4. The highest BCUT2D eigenvalue weighted by Gasteiger charge is 2.47. The summed E-state index contributed by atoms with van der Waals surface area (Å²) in [6.07, 6.45) is 4.14. The van der Waals surface area contributed by atoms with Crippen LogP contribution in [0.25, 0.3) is 0 Å². The van der Waals surface area contributed by atoms with Crippen LogP contribution in [0.5, 0.6) is 0 Å². The van der Waals surface area contributed by atoms with Crippen LogP contribution < -0.4 is 5.32 Å². The zero-order valence-electron chi connectivity index (χ0n) is 19.7. The number of piperidine rings is 1. The quantitative estimate of drug-likeness (QED) is 0.570. The van der Waals surface area contributed by atoms with Crippen LogP contribution in [0.15, 0.2) is 48.5 Å². The van der Waals surface area contributed by atoms with Crippen LogP contribution in [-0.2, 0) is 29.0 Å². The van der Waals surface area contributed by atoms with E-state index in [-0.39, 0.29) is 17.1 Å². The number of fused-ring (bicyclic) bond motifs is 1.